The zero-order valence-corrected chi connectivity index (χ0v) is 16.3. The first-order valence-electron chi connectivity index (χ1n) is 9.72. The minimum atomic E-state index is -0.220. The average Bonchev–Trinajstić information content (AvgIpc) is 3.10. The van der Waals surface area contributed by atoms with Crippen LogP contribution in [0, 0.1) is 0 Å². The first-order valence-corrected chi connectivity index (χ1v) is 9.72. The van der Waals surface area contributed by atoms with Crippen molar-refractivity contribution in [2.45, 2.75) is 25.2 Å². The van der Waals surface area contributed by atoms with Gasteiger partial charge in [-0.25, -0.2) is 0 Å². The smallest absolute Gasteiger partial charge is 0.174 e. The second kappa shape index (κ2) is 9.98. The Morgan fingerprint density at radius 2 is 1.29 bits per heavy atom. The quantitative estimate of drug-likeness (QED) is 0.583. The summed E-state index contributed by atoms with van der Waals surface area (Å²) < 4.78 is 0. The van der Waals surface area contributed by atoms with Gasteiger partial charge in [0.2, 0.25) is 0 Å². The summed E-state index contributed by atoms with van der Waals surface area (Å²) in [6.07, 6.45) is 7.56. The lowest BCUT2D eigenvalue weighted by molar-refractivity contribution is -0.120. The van der Waals surface area contributed by atoms with Crippen LogP contribution in [0.25, 0.3) is 0 Å². The standard InChI is InChI=1S/C25H28N2O/c1-3-17-26(19-21-11-7-5-8-12-21)23-15-16-24(28)25(23)27(18-4-2)20-22-13-9-6-10-14-22/h3-16,23,25H,1-2,17-20H2/t23-,25+/m1/s1. The lowest BCUT2D eigenvalue weighted by atomic mass is 10.0. The van der Waals surface area contributed by atoms with Gasteiger partial charge in [-0.3, -0.25) is 14.6 Å². The van der Waals surface area contributed by atoms with Gasteiger partial charge in [0.15, 0.2) is 5.78 Å². The van der Waals surface area contributed by atoms with Crippen molar-refractivity contribution in [2.24, 2.45) is 0 Å². The normalized spacial score (nSPS) is 18.7. The predicted octanol–water partition coefficient (Wildman–Crippen LogP) is 4.24. The van der Waals surface area contributed by atoms with Crippen LogP contribution in [0.5, 0.6) is 0 Å². The van der Waals surface area contributed by atoms with Crippen LogP contribution in [-0.2, 0) is 17.9 Å². The van der Waals surface area contributed by atoms with E-state index in [2.05, 4.69) is 47.2 Å². The Kier molecular flexibility index (Phi) is 7.12. The molecule has 2 aromatic rings. The fraction of sp³-hybridized carbons (Fsp3) is 0.240. The van der Waals surface area contributed by atoms with Gasteiger partial charge < -0.3 is 0 Å². The molecule has 0 saturated carbocycles. The second-order valence-corrected chi connectivity index (χ2v) is 7.10. The zero-order valence-electron chi connectivity index (χ0n) is 16.3. The number of hydrogen-bond donors (Lipinski definition) is 0. The van der Waals surface area contributed by atoms with Crippen LogP contribution in [0.2, 0.25) is 0 Å². The Balaban J connectivity index is 1.84. The van der Waals surface area contributed by atoms with Crippen molar-refractivity contribution in [1.82, 2.24) is 9.80 Å². The van der Waals surface area contributed by atoms with Gasteiger partial charge in [0.05, 0.1) is 12.1 Å². The molecule has 2 aromatic carbocycles. The molecule has 3 nitrogen and oxygen atoms in total. The molecule has 1 aliphatic carbocycles. The van der Waals surface area contributed by atoms with Gasteiger partial charge in [-0.1, -0.05) is 78.9 Å². The van der Waals surface area contributed by atoms with Crippen molar-refractivity contribution in [1.29, 1.82) is 0 Å². The molecule has 0 unspecified atom stereocenters. The van der Waals surface area contributed by atoms with Crippen molar-refractivity contribution in [3.8, 4) is 0 Å². The van der Waals surface area contributed by atoms with E-state index in [1.165, 1.54) is 11.1 Å². The van der Waals surface area contributed by atoms with E-state index in [0.717, 1.165) is 13.1 Å². The summed E-state index contributed by atoms with van der Waals surface area (Å²) in [6, 6.07) is 20.4. The molecular formula is C25H28N2O. The van der Waals surface area contributed by atoms with Crippen LogP contribution >= 0.6 is 0 Å². The lowest BCUT2D eigenvalue weighted by Gasteiger charge is -2.37. The highest BCUT2D eigenvalue weighted by Crippen LogP contribution is 2.24. The molecule has 1 aliphatic rings. The number of benzene rings is 2. The largest absolute Gasteiger partial charge is 0.293 e. The lowest BCUT2D eigenvalue weighted by Crippen LogP contribution is -2.51. The van der Waals surface area contributed by atoms with Gasteiger partial charge in [-0.2, -0.15) is 0 Å². The molecule has 0 N–H and O–H groups in total. The third-order valence-corrected chi connectivity index (χ3v) is 5.07. The molecule has 144 valence electrons. The first kappa shape index (κ1) is 20.0. The third-order valence-electron chi connectivity index (χ3n) is 5.07. The summed E-state index contributed by atoms with van der Waals surface area (Å²) in [4.78, 5) is 17.4. The van der Waals surface area contributed by atoms with Gasteiger partial charge in [-0.05, 0) is 17.2 Å². The van der Waals surface area contributed by atoms with Gasteiger partial charge in [0.25, 0.3) is 0 Å². The maximum Gasteiger partial charge on any atom is 0.174 e. The first-order chi connectivity index (χ1) is 13.7. The third kappa shape index (κ3) is 4.94. The molecule has 0 aliphatic heterocycles. The molecule has 0 amide bonds. The van der Waals surface area contributed by atoms with Crippen molar-refractivity contribution in [2.75, 3.05) is 13.1 Å². The van der Waals surface area contributed by atoms with Crippen molar-refractivity contribution >= 4 is 5.78 Å². The van der Waals surface area contributed by atoms with Gasteiger partial charge in [-0.15, -0.1) is 13.2 Å². The number of nitrogens with zero attached hydrogens (tertiary/aromatic N) is 2. The molecule has 0 radical (unpaired) electrons. The van der Waals surface area contributed by atoms with Crippen molar-refractivity contribution in [3.05, 3.63) is 109 Å². The Morgan fingerprint density at radius 1 is 0.786 bits per heavy atom. The molecule has 0 saturated heterocycles. The average molecular weight is 373 g/mol. The van der Waals surface area contributed by atoms with Crippen molar-refractivity contribution in [3.63, 3.8) is 0 Å². The van der Waals surface area contributed by atoms with Crippen LogP contribution in [0.3, 0.4) is 0 Å². The van der Waals surface area contributed by atoms with E-state index in [-0.39, 0.29) is 17.9 Å². The Labute approximate surface area is 168 Å². The minimum Gasteiger partial charge on any atom is -0.293 e. The molecule has 3 rings (SSSR count). The molecule has 0 heterocycles. The SMILES string of the molecule is C=CCN(Cc1ccccc1)[C@@H]1C=CC(=O)[C@H]1N(CC=C)Cc1ccccc1. The van der Waals surface area contributed by atoms with Crippen LogP contribution in [0.4, 0.5) is 0 Å². The monoisotopic (exact) mass is 372 g/mol. The summed E-state index contributed by atoms with van der Waals surface area (Å²) in [5.74, 6) is 0.157. The number of ketones is 1. The van der Waals surface area contributed by atoms with E-state index in [9.17, 15) is 4.79 Å². The van der Waals surface area contributed by atoms with E-state index in [1.54, 1.807) is 6.08 Å². The van der Waals surface area contributed by atoms with Crippen LogP contribution in [-0.4, -0.2) is 40.8 Å². The van der Waals surface area contributed by atoms with Gasteiger partial charge >= 0.3 is 0 Å². The molecular weight excluding hydrogens is 344 g/mol. The van der Waals surface area contributed by atoms with E-state index in [1.807, 2.05) is 54.6 Å². The summed E-state index contributed by atoms with van der Waals surface area (Å²) in [7, 11) is 0. The summed E-state index contributed by atoms with van der Waals surface area (Å²) >= 11 is 0. The van der Waals surface area contributed by atoms with E-state index >= 15 is 0 Å². The fourth-order valence-corrected chi connectivity index (χ4v) is 3.82. The maximum atomic E-state index is 12.8. The molecule has 0 bridgehead atoms. The molecule has 2 atom stereocenters. The zero-order chi connectivity index (χ0) is 19.8. The van der Waals surface area contributed by atoms with E-state index in [0.29, 0.717) is 13.1 Å². The maximum absolute atomic E-state index is 12.8. The summed E-state index contributed by atoms with van der Waals surface area (Å²) in [5, 5.41) is 0. The van der Waals surface area contributed by atoms with Crippen molar-refractivity contribution < 1.29 is 4.79 Å². The Hall–Kier alpha value is -2.75. The Morgan fingerprint density at radius 3 is 1.82 bits per heavy atom. The number of carbonyl (C=O) groups is 1. The highest BCUT2D eigenvalue weighted by atomic mass is 16.1. The van der Waals surface area contributed by atoms with Crippen LogP contribution < -0.4 is 0 Å². The summed E-state index contributed by atoms with van der Waals surface area (Å²) in [5.41, 5.74) is 2.43. The number of carbonyl (C=O) groups excluding carboxylic acids is 1. The fourth-order valence-electron chi connectivity index (χ4n) is 3.82. The minimum absolute atomic E-state index is 0.00867. The molecule has 28 heavy (non-hydrogen) atoms. The van der Waals surface area contributed by atoms with E-state index < -0.39 is 0 Å². The number of hydrogen-bond acceptors (Lipinski definition) is 3. The molecule has 0 spiro atoms. The molecule has 0 fully saturated rings. The Bertz CT molecular complexity index is 813. The predicted molar refractivity (Wildman–Crippen MR) is 116 cm³/mol. The van der Waals surface area contributed by atoms with Crippen LogP contribution in [0.1, 0.15) is 11.1 Å². The molecule has 3 heteroatoms. The highest BCUT2D eigenvalue weighted by Gasteiger charge is 2.37. The topological polar surface area (TPSA) is 23.6 Å². The molecule has 0 aromatic heterocycles. The number of rotatable bonds is 10. The van der Waals surface area contributed by atoms with Gasteiger partial charge in [0.1, 0.15) is 0 Å². The second-order valence-electron chi connectivity index (χ2n) is 7.10. The highest BCUT2D eigenvalue weighted by molar-refractivity contribution is 5.98. The summed E-state index contributed by atoms with van der Waals surface area (Å²) in [6.45, 7) is 10.7. The van der Waals surface area contributed by atoms with Gasteiger partial charge in [0, 0.05) is 26.2 Å². The van der Waals surface area contributed by atoms with E-state index in [4.69, 9.17) is 0 Å². The van der Waals surface area contributed by atoms with Crippen LogP contribution in [0.15, 0.2) is 98.1 Å².